The molecular weight excluding hydrogens is 300 g/mol. The van der Waals surface area contributed by atoms with E-state index in [0.29, 0.717) is 6.04 Å². The van der Waals surface area contributed by atoms with Gasteiger partial charge in [0.15, 0.2) is 0 Å². The monoisotopic (exact) mass is 324 g/mol. The van der Waals surface area contributed by atoms with Crippen molar-refractivity contribution in [2.45, 2.75) is 32.7 Å². The maximum Gasteiger partial charge on any atom is 0.0320 e. The maximum absolute atomic E-state index is 3.55. The van der Waals surface area contributed by atoms with E-state index in [9.17, 15) is 0 Å². The Balaban J connectivity index is 1.84. The van der Waals surface area contributed by atoms with Crippen LogP contribution < -0.4 is 5.32 Å². The fourth-order valence-electron chi connectivity index (χ4n) is 2.82. The smallest absolute Gasteiger partial charge is 0.0320 e. The minimum Gasteiger partial charge on any atom is -0.316 e. The van der Waals surface area contributed by atoms with Gasteiger partial charge in [0.05, 0.1) is 0 Å². The second-order valence-corrected chi connectivity index (χ2v) is 6.50. The Morgan fingerprint density at radius 2 is 2.11 bits per heavy atom. The first-order valence-electron chi connectivity index (χ1n) is 7.41. The molecule has 0 aliphatic carbocycles. The summed E-state index contributed by atoms with van der Waals surface area (Å²) in [5, 5.41) is 3.55. The molecule has 2 nitrogen and oxygen atoms in total. The Labute approximate surface area is 125 Å². The summed E-state index contributed by atoms with van der Waals surface area (Å²) in [6.45, 7) is 9.34. The van der Waals surface area contributed by atoms with Gasteiger partial charge in [0, 0.05) is 17.1 Å². The van der Waals surface area contributed by atoms with Gasteiger partial charge in [-0.25, -0.2) is 0 Å². The molecule has 0 amide bonds. The van der Waals surface area contributed by atoms with Crippen LogP contribution in [0.15, 0.2) is 28.7 Å². The molecule has 0 saturated carbocycles. The van der Waals surface area contributed by atoms with Crippen LogP contribution in [0.5, 0.6) is 0 Å². The minimum atomic E-state index is 0.532. The fourth-order valence-corrected chi connectivity index (χ4v) is 3.08. The normalized spacial score (nSPS) is 21.7. The summed E-state index contributed by atoms with van der Waals surface area (Å²) in [5.41, 5.74) is 1.42. The number of rotatable bonds is 6. The van der Waals surface area contributed by atoms with Gasteiger partial charge in [0.1, 0.15) is 0 Å². The third kappa shape index (κ3) is 4.30. The zero-order valence-corrected chi connectivity index (χ0v) is 13.6. The number of nitrogens with one attached hydrogen (secondary N) is 1. The standard InChI is InChI=1S/C16H25BrN2/c1-3-9-18-11-14-8-10-19(12-14)13(2)15-4-6-16(17)7-5-15/h4-7,13-14,18H,3,8-12H2,1-2H3. The Hall–Kier alpha value is -0.380. The summed E-state index contributed by atoms with van der Waals surface area (Å²) in [4.78, 5) is 2.61. The van der Waals surface area contributed by atoms with Crippen molar-refractivity contribution in [2.75, 3.05) is 26.2 Å². The highest BCUT2D eigenvalue weighted by molar-refractivity contribution is 9.10. The van der Waals surface area contributed by atoms with Gasteiger partial charge in [-0.15, -0.1) is 0 Å². The van der Waals surface area contributed by atoms with Crippen LogP contribution in [-0.2, 0) is 0 Å². The van der Waals surface area contributed by atoms with Crippen LogP contribution in [0.4, 0.5) is 0 Å². The molecule has 0 aromatic heterocycles. The molecule has 3 heteroatoms. The lowest BCUT2D eigenvalue weighted by atomic mass is 10.1. The molecule has 1 heterocycles. The van der Waals surface area contributed by atoms with Crippen molar-refractivity contribution in [1.82, 2.24) is 10.2 Å². The van der Waals surface area contributed by atoms with Crippen LogP contribution >= 0.6 is 15.9 Å². The molecule has 2 rings (SSSR count). The van der Waals surface area contributed by atoms with Crippen LogP contribution in [0, 0.1) is 5.92 Å². The molecule has 0 bridgehead atoms. The molecule has 0 spiro atoms. The number of likely N-dealkylation sites (tertiary alicyclic amines) is 1. The van der Waals surface area contributed by atoms with E-state index in [4.69, 9.17) is 0 Å². The lowest BCUT2D eigenvalue weighted by Crippen LogP contribution is -2.28. The lowest BCUT2D eigenvalue weighted by Gasteiger charge is -2.25. The summed E-state index contributed by atoms with van der Waals surface area (Å²) in [6.07, 6.45) is 2.56. The highest BCUT2D eigenvalue weighted by atomic mass is 79.9. The SMILES string of the molecule is CCCNCC1CCN(C(C)c2ccc(Br)cc2)C1. The highest BCUT2D eigenvalue weighted by Crippen LogP contribution is 2.27. The molecule has 1 saturated heterocycles. The average Bonchev–Trinajstić information content (AvgIpc) is 2.88. The number of benzene rings is 1. The van der Waals surface area contributed by atoms with E-state index in [-0.39, 0.29) is 0 Å². The molecular formula is C16H25BrN2. The van der Waals surface area contributed by atoms with Gasteiger partial charge < -0.3 is 5.32 Å². The molecule has 2 atom stereocenters. The topological polar surface area (TPSA) is 15.3 Å². The van der Waals surface area contributed by atoms with E-state index < -0.39 is 0 Å². The number of hydrogen-bond donors (Lipinski definition) is 1. The Morgan fingerprint density at radius 1 is 1.37 bits per heavy atom. The Bertz CT molecular complexity index is 377. The quantitative estimate of drug-likeness (QED) is 0.800. The summed E-state index contributed by atoms with van der Waals surface area (Å²) >= 11 is 3.50. The summed E-state index contributed by atoms with van der Waals surface area (Å²) in [5.74, 6) is 0.824. The van der Waals surface area contributed by atoms with Gasteiger partial charge >= 0.3 is 0 Å². The van der Waals surface area contributed by atoms with Crippen molar-refractivity contribution in [1.29, 1.82) is 0 Å². The zero-order chi connectivity index (χ0) is 13.7. The van der Waals surface area contributed by atoms with Gasteiger partial charge in [0.25, 0.3) is 0 Å². The summed E-state index contributed by atoms with van der Waals surface area (Å²) < 4.78 is 1.16. The summed E-state index contributed by atoms with van der Waals surface area (Å²) in [7, 11) is 0. The fraction of sp³-hybridized carbons (Fsp3) is 0.625. The third-order valence-corrected chi connectivity index (χ3v) is 4.61. The second kappa shape index (κ2) is 7.41. The van der Waals surface area contributed by atoms with E-state index in [2.05, 4.69) is 64.3 Å². The molecule has 19 heavy (non-hydrogen) atoms. The van der Waals surface area contributed by atoms with Crippen molar-refractivity contribution in [3.05, 3.63) is 34.3 Å². The largest absolute Gasteiger partial charge is 0.316 e. The highest BCUT2D eigenvalue weighted by Gasteiger charge is 2.26. The number of hydrogen-bond acceptors (Lipinski definition) is 2. The van der Waals surface area contributed by atoms with Gasteiger partial charge in [-0.3, -0.25) is 4.90 Å². The van der Waals surface area contributed by atoms with Crippen molar-refractivity contribution >= 4 is 15.9 Å². The van der Waals surface area contributed by atoms with Gasteiger partial charge in [-0.2, -0.15) is 0 Å². The second-order valence-electron chi connectivity index (χ2n) is 5.58. The number of nitrogens with zero attached hydrogens (tertiary/aromatic N) is 1. The van der Waals surface area contributed by atoms with Crippen molar-refractivity contribution in [2.24, 2.45) is 5.92 Å². The first-order chi connectivity index (χ1) is 9.20. The van der Waals surface area contributed by atoms with Crippen molar-refractivity contribution in [3.8, 4) is 0 Å². The van der Waals surface area contributed by atoms with E-state index in [0.717, 1.165) is 16.9 Å². The van der Waals surface area contributed by atoms with Crippen LogP contribution in [0.2, 0.25) is 0 Å². The molecule has 0 radical (unpaired) electrons. The summed E-state index contributed by atoms with van der Waals surface area (Å²) in [6, 6.07) is 9.28. The first kappa shape index (κ1) is 15.0. The molecule has 1 N–H and O–H groups in total. The van der Waals surface area contributed by atoms with E-state index in [1.54, 1.807) is 0 Å². The van der Waals surface area contributed by atoms with Gasteiger partial charge in [0.2, 0.25) is 0 Å². The number of halogens is 1. The first-order valence-corrected chi connectivity index (χ1v) is 8.20. The lowest BCUT2D eigenvalue weighted by molar-refractivity contribution is 0.251. The Kier molecular flexibility index (Phi) is 5.86. The van der Waals surface area contributed by atoms with Crippen LogP contribution in [0.3, 0.4) is 0 Å². The molecule has 1 aromatic carbocycles. The molecule has 1 aliphatic rings. The molecule has 2 unspecified atom stereocenters. The molecule has 106 valence electrons. The predicted octanol–water partition coefficient (Wildman–Crippen LogP) is 3.83. The Morgan fingerprint density at radius 3 is 2.79 bits per heavy atom. The maximum atomic E-state index is 3.55. The average molecular weight is 325 g/mol. The minimum absolute atomic E-state index is 0.532. The van der Waals surface area contributed by atoms with Crippen molar-refractivity contribution < 1.29 is 0 Å². The van der Waals surface area contributed by atoms with Crippen LogP contribution in [0.1, 0.15) is 38.3 Å². The molecule has 1 fully saturated rings. The third-order valence-electron chi connectivity index (χ3n) is 4.08. The zero-order valence-electron chi connectivity index (χ0n) is 12.0. The predicted molar refractivity (Wildman–Crippen MR) is 85.4 cm³/mol. The van der Waals surface area contributed by atoms with E-state index in [1.165, 1.54) is 38.0 Å². The van der Waals surface area contributed by atoms with Crippen molar-refractivity contribution in [3.63, 3.8) is 0 Å². The molecule has 1 aromatic rings. The van der Waals surface area contributed by atoms with Gasteiger partial charge in [-0.05, 0) is 63.0 Å². The van der Waals surface area contributed by atoms with Crippen LogP contribution in [0.25, 0.3) is 0 Å². The van der Waals surface area contributed by atoms with Crippen LogP contribution in [-0.4, -0.2) is 31.1 Å². The van der Waals surface area contributed by atoms with Gasteiger partial charge in [-0.1, -0.05) is 35.0 Å². The molecule has 1 aliphatic heterocycles. The van der Waals surface area contributed by atoms with E-state index in [1.807, 2.05) is 0 Å². The van der Waals surface area contributed by atoms with E-state index >= 15 is 0 Å².